The number of carbonyl (C=O) groups excluding carboxylic acids is 1. The van der Waals surface area contributed by atoms with Crippen LogP contribution in [0.4, 0.5) is 5.69 Å². The summed E-state index contributed by atoms with van der Waals surface area (Å²) in [7, 11) is 0. The molecule has 100 valence electrons. The molecule has 0 saturated heterocycles. The Morgan fingerprint density at radius 2 is 2.26 bits per heavy atom. The molecule has 0 radical (unpaired) electrons. The summed E-state index contributed by atoms with van der Waals surface area (Å²) in [6.07, 6.45) is 1.51. The highest BCUT2D eigenvalue weighted by molar-refractivity contribution is 7.09. The zero-order valence-corrected chi connectivity index (χ0v) is 11.5. The molecule has 2 aromatic heterocycles. The summed E-state index contributed by atoms with van der Waals surface area (Å²) in [4.78, 5) is 20.4. The summed E-state index contributed by atoms with van der Waals surface area (Å²) in [5, 5.41) is 5.70. The molecule has 0 aliphatic heterocycles. The Morgan fingerprint density at radius 1 is 1.47 bits per heavy atom. The van der Waals surface area contributed by atoms with E-state index in [0.717, 1.165) is 10.7 Å². The van der Waals surface area contributed by atoms with E-state index in [4.69, 9.17) is 5.84 Å². The van der Waals surface area contributed by atoms with Gasteiger partial charge in [-0.05, 0) is 26.0 Å². The van der Waals surface area contributed by atoms with Crippen molar-refractivity contribution in [2.24, 2.45) is 5.84 Å². The van der Waals surface area contributed by atoms with E-state index in [9.17, 15) is 4.79 Å². The van der Waals surface area contributed by atoms with E-state index in [1.165, 1.54) is 17.5 Å². The maximum absolute atomic E-state index is 12.0. The van der Waals surface area contributed by atoms with Crippen molar-refractivity contribution in [3.63, 3.8) is 0 Å². The van der Waals surface area contributed by atoms with Crippen LogP contribution in [0.3, 0.4) is 0 Å². The van der Waals surface area contributed by atoms with Gasteiger partial charge in [0.1, 0.15) is 10.7 Å². The van der Waals surface area contributed by atoms with Gasteiger partial charge in [-0.3, -0.25) is 10.6 Å². The number of nitrogens with two attached hydrogens (primary N) is 1. The first-order chi connectivity index (χ1) is 9.10. The highest BCUT2D eigenvalue weighted by Crippen LogP contribution is 2.17. The van der Waals surface area contributed by atoms with Gasteiger partial charge in [-0.15, -0.1) is 11.3 Å². The monoisotopic (exact) mass is 277 g/mol. The lowest BCUT2D eigenvalue weighted by Gasteiger charge is -2.10. The molecule has 0 bridgehead atoms. The van der Waals surface area contributed by atoms with E-state index in [1.807, 2.05) is 19.2 Å². The van der Waals surface area contributed by atoms with E-state index in [1.54, 1.807) is 12.1 Å². The van der Waals surface area contributed by atoms with Crippen LogP contribution in [0.5, 0.6) is 0 Å². The maximum atomic E-state index is 12.0. The van der Waals surface area contributed by atoms with Gasteiger partial charge >= 0.3 is 0 Å². The van der Waals surface area contributed by atoms with Crippen LogP contribution in [-0.2, 0) is 0 Å². The summed E-state index contributed by atoms with van der Waals surface area (Å²) < 4.78 is 0. The van der Waals surface area contributed by atoms with Gasteiger partial charge in [0.25, 0.3) is 5.91 Å². The number of aryl methyl sites for hydroxylation is 1. The zero-order valence-electron chi connectivity index (χ0n) is 10.7. The van der Waals surface area contributed by atoms with Crippen molar-refractivity contribution in [3.8, 4) is 0 Å². The first-order valence-corrected chi connectivity index (χ1v) is 6.63. The number of hydrazine groups is 1. The van der Waals surface area contributed by atoms with Gasteiger partial charge in [0.05, 0.1) is 17.9 Å². The zero-order chi connectivity index (χ0) is 13.8. The van der Waals surface area contributed by atoms with E-state index in [-0.39, 0.29) is 11.9 Å². The molecule has 0 aliphatic carbocycles. The Morgan fingerprint density at radius 3 is 2.79 bits per heavy atom. The van der Waals surface area contributed by atoms with Crippen LogP contribution in [0.25, 0.3) is 0 Å². The Balaban J connectivity index is 2.03. The fourth-order valence-corrected chi connectivity index (χ4v) is 2.32. The van der Waals surface area contributed by atoms with Gasteiger partial charge in [-0.2, -0.15) is 0 Å². The van der Waals surface area contributed by atoms with Crippen LogP contribution in [0.15, 0.2) is 23.7 Å². The second kappa shape index (κ2) is 5.77. The Bertz CT molecular complexity index is 566. The fraction of sp³-hybridized carbons (Fsp3) is 0.250. The number of aromatic nitrogens is 2. The number of nitrogens with zero attached hydrogens (tertiary/aromatic N) is 2. The molecule has 2 rings (SSSR count). The molecule has 1 amide bonds. The predicted molar refractivity (Wildman–Crippen MR) is 74.8 cm³/mol. The van der Waals surface area contributed by atoms with Crippen molar-refractivity contribution in [2.75, 3.05) is 5.43 Å². The third kappa shape index (κ3) is 3.27. The fourth-order valence-electron chi connectivity index (χ4n) is 1.52. The minimum absolute atomic E-state index is 0.139. The summed E-state index contributed by atoms with van der Waals surface area (Å²) in [5.74, 6) is 5.01. The van der Waals surface area contributed by atoms with Crippen LogP contribution in [0.1, 0.15) is 34.2 Å². The Hall–Kier alpha value is -1.99. The highest BCUT2D eigenvalue weighted by atomic mass is 32.1. The van der Waals surface area contributed by atoms with E-state index < -0.39 is 0 Å². The lowest BCUT2D eigenvalue weighted by atomic mass is 10.3. The number of pyridine rings is 1. The predicted octanol–water partition coefficient (Wildman–Crippen LogP) is 1.62. The molecule has 2 aromatic rings. The lowest BCUT2D eigenvalue weighted by molar-refractivity contribution is 0.0935. The maximum Gasteiger partial charge on any atom is 0.270 e. The Labute approximate surface area is 115 Å². The summed E-state index contributed by atoms with van der Waals surface area (Å²) in [6.45, 7) is 3.82. The SMILES string of the molecule is Cc1csc(C(C)NC(=O)c2ccc(NN)cn2)n1. The van der Waals surface area contributed by atoms with E-state index >= 15 is 0 Å². The number of hydrogen-bond donors (Lipinski definition) is 3. The molecule has 0 spiro atoms. The van der Waals surface area contributed by atoms with Crippen LogP contribution in [0.2, 0.25) is 0 Å². The van der Waals surface area contributed by atoms with Gasteiger partial charge in [-0.1, -0.05) is 0 Å². The molecule has 0 aromatic carbocycles. The van der Waals surface area contributed by atoms with Gasteiger partial charge < -0.3 is 10.7 Å². The van der Waals surface area contributed by atoms with Crippen molar-refractivity contribution in [1.29, 1.82) is 0 Å². The van der Waals surface area contributed by atoms with Gasteiger partial charge in [0.15, 0.2) is 0 Å². The quantitative estimate of drug-likeness (QED) is 0.583. The normalized spacial score (nSPS) is 11.9. The largest absolute Gasteiger partial charge is 0.342 e. The smallest absolute Gasteiger partial charge is 0.270 e. The average Bonchev–Trinajstić information content (AvgIpc) is 2.85. The number of hydrogen-bond acceptors (Lipinski definition) is 6. The third-order valence-electron chi connectivity index (χ3n) is 2.52. The molecule has 0 aliphatic rings. The first-order valence-electron chi connectivity index (χ1n) is 5.75. The summed E-state index contributed by atoms with van der Waals surface area (Å²) >= 11 is 1.53. The molecule has 4 N–H and O–H groups in total. The molecule has 0 saturated carbocycles. The summed E-state index contributed by atoms with van der Waals surface area (Å²) in [5.41, 5.74) is 4.42. The van der Waals surface area contributed by atoms with E-state index in [2.05, 4.69) is 20.7 Å². The third-order valence-corrected chi connectivity index (χ3v) is 3.66. The van der Waals surface area contributed by atoms with Crippen molar-refractivity contribution < 1.29 is 4.79 Å². The second-order valence-corrected chi connectivity index (χ2v) is 4.99. The average molecular weight is 277 g/mol. The number of thiazole rings is 1. The van der Waals surface area contributed by atoms with E-state index in [0.29, 0.717) is 11.4 Å². The number of rotatable bonds is 4. The molecule has 0 fully saturated rings. The van der Waals surface area contributed by atoms with Gasteiger partial charge in [0.2, 0.25) is 0 Å². The standard InChI is InChI=1S/C12H15N5OS/c1-7-6-19-12(15-7)8(2)16-11(18)10-4-3-9(17-13)5-14-10/h3-6,8,17H,13H2,1-2H3,(H,16,18). The lowest BCUT2D eigenvalue weighted by Crippen LogP contribution is -2.27. The van der Waals surface area contributed by atoms with Crippen molar-refractivity contribution in [2.45, 2.75) is 19.9 Å². The minimum Gasteiger partial charge on any atom is -0.342 e. The molecule has 2 heterocycles. The Kier molecular flexibility index (Phi) is 4.08. The first kappa shape index (κ1) is 13.4. The number of nitrogens with one attached hydrogen (secondary N) is 2. The second-order valence-electron chi connectivity index (χ2n) is 4.10. The molecule has 1 atom stereocenters. The van der Waals surface area contributed by atoms with Crippen LogP contribution >= 0.6 is 11.3 Å². The molecule has 1 unspecified atom stereocenters. The topological polar surface area (TPSA) is 92.9 Å². The number of nitrogen functional groups attached to an aromatic ring is 1. The van der Waals surface area contributed by atoms with Crippen LogP contribution in [-0.4, -0.2) is 15.9 Å². The number of carbonyl (C=O) groups is 1. The number of anilines is 1. The minimum atomic E-state index is -0.232. The molecule has 19 heavy (non-hydrogen) atoms. The van der Waals surface area contributed by atoms with Crippen LogP contribution < -0.4 is 16.6 Å². The molecule has 7 heteroatoms. The summed E-state index contributed by atoms with van der Waals surface area (Å²) in [6, 6.07) is 3.17. The van der Waals surface area contributed by atoms with Crippen molar-refractivity contribution >= 4 is 22.9 Å². The highest BCUT2D eigenvalue weighted by Gasteiger charge is 2.14. The van der Waals surface area contributed by atoms with Crippen molar-refractivity contribution in [3.05, 3.63) is 40.1 Å². The number of amides is 1. The molecular weight excluding hydrogens is 262 g/mol. The van der Waals surface area contributed by atoms with Gasteiger partial charge in [-0.25, -0.2) is 9.97 Å². The van der Waals surface area contributed by atoms with Crippen molar-refractivity contribution in [1.82, 2.24) is 15.3 Å². The molecule has 6 nitrogen and oxygen atoms in total. The van der Waals surface area contributed by atoms with Crippen LogP contribution in [0, 0.1) is 6.92 Å². The molecular formula is C12H15N5OS. The van der Waals surface area contributed by atoms with Gasteiger partial charge in [0, 0.05) is 11.1 Å².